The summed E-state index contributed by atoms with van der Waals surface area (Å²) in [5, 5.41) is 16.5. The van der Waals surface area contributed by atoms with Crippen molar-refractivity contribution in [2.24, 2.45) is 0 Å². The molecule has 2 aromatic heterocycles. The molecule has 8 nitrogen and oxygen atoms in total. The Morgan fingerprint density at radius 1 is 1.21 bits per heavy atom. The zero-order chi connectivity index (χ0) is 24.2. The molecular formula is C23H27N5O3S2. The van der Waals surface area contributed by atoms with Gasteiger partial charge in [0, 0.05) is 23.5 Å². The van der Waals surface area contributed by atoms with Gasteiger partial charge in [0.25, 0.3) is 5.91 Å². The molecule has 10 heteroatoms. The first-order valence-corrected chi connectivity index (χ1v) is 12.4. The van der Waals surface area contributed by atoms with E-state index in [0.29, 0.717) is 35.2 Å². The van der Waals surface area contributed by atoms with Gasteiger partial charge in [0.2, 0.25) is 0 Å². The molecule has 0 saturated carbocycles. The maximum Gasteiger partial charge on any atom is 0.316 e. The zero-order valence-corrected chi connectivity index (χ0v) is 20.7. The van der Waals surface area contributed by atoms with Crippen LogP contribution in [0, 0.1) is 11.3 Å². The van der Waals surface area contributed by atoms with E-state index < -0.39 is 0 Å². The van der Waals surface area contributed by atoms with Crippen LogP contribution in [0.15, 0.2) is 35.5 Å². The molecule has 0 unspecified atom stereocenters. The number of nitrogens with one attached hydrogen (secondary N) is 2. The Kier molecular flexibility index (Phi) is 10.6. The Balaban J connectivity index is 0.00000187. The number of hydrogen-bond donors (Lipinski definition) is 2. The number of aryl methyl sites for hydroxylation is 1. The van der Waals surface area contributed by atoms with Gasteiger partial charge in [-0.2, -0.15) is 5.26 Å². The summed E-state index contributed by atoms with van der Waals surface area (Å²) in [5.41, 5.74) is 0.880. The molecule has 3 rings (SSSR count). The van der Waals surface area contributed by atoms with Gasteiger partial charge >= 0.3 is 5.97 Å². The first-order valence-electron chi connectivity index (χ1n) is 10.6. The van der Waals surface area contributed by atoms with Crippen LogP contribution in [0.2, 0.25) is 0 Å². The van der Waals surface area contributed by atoms with Crippen molar-refractivity contribution < 1.29 is 14.3 Å². The minimum absolute atomic E-state index is 0.130. The van der Waals surface area contributed by atoms with Crippen molar-refractivity contribution >= 4 is 51.0 Å². The average Bonchev–Trinajstić information content (AvgIpc) is 3.29. The molecule has 0 bridgehead atoms. The Morgan fingerprint density at radius 2 is 2.00 bits per heavy atom. The normalized spacial score (nSPS) is 10.0. The summed E-state index contributed by atoms with van der Waals surface area (Å²) >= 11 is 2.81. The first kappa shape index (κ1) is 26.1. The van der Waals surface area contributed by atoms with Gasteiger partial charge in [-0.3, -0.25) is 9.59 Å². The highest BCUT2D eigenvalue weighted by Crippen LogP contribution is 2.31. The first-order chi connectivity index (χ1) is 16.0. The molecule has 174 valence electrons. The third-order valence-corrected chi connectivity index (χ3v) is 6.27. The highest BCUT2D eigenvalue weighted by Gasteiger charge is 2.13. The number of thioether (sulfide) groups is 1. The van der Waals surface area contributed by atoms with Crippen LogP contribution in [0.3, 0.4) is 0 Å². The van der Waals surface area contributed by atoms with E-state index in [9.17, 15) is 9.59 Å². The van der Waals surface area contributed by atoms with Crippen molar-refractivity contribution in [3.05, 3.63) is 46.3 Å². The number of rotatable bonds is 9. The molecule has 0 radical (unpaired) electrons. The summed E-state index contributed by atoms with van der Waals surface area (Å²) in [6, 6.07) is 10.6. The summed E-state index contributed by atoms with van der Waals surface area (Å²) in [7, 11) is 1.34. The van der Waals surface area contributed by atoms with E-state index in [0.717, 1.165) is 16.6 Å². The molecule has 1 amide bonds. The summed E-state index contributed by atoms with van der Waals surface area (Å²) < 4.78 is 4.68. The fraction of sp³-hybridized carbons (Fsp3) is 0.348. The minimum Gasteiger partial charge on any atom is -0.468 e. The molecule has 0 spiro atoms. The average molecular weight is 486 g/mol. The molecule has 1 aromatic carbocycles. The van der Waals surface area contributed by atoms with Gasteiger partial charge in [0.15, 0.2) is 5.16 Å². The van der Waals surface area contributed by atoms with Crippen LogP contribution in [0.25, 0.3) is 10.2 Å². The van der Waals surface area contributed by atoms with Crippen LogP contribution in [0.5, 0.6) is 0 Å². The quantitative estimate of drug-likeness (QED) is 0.200. The molecule has 0 saturated heterocycles. The Hall–Kier alpha value is -3.16. The van der Waals surface area contributed by atoms with Gasteiger partial charge in [-0.05, 0) is 30.7 Å². The Labute approximate surface area is 201 Å². The fourth-order valence-corrected chi connectivity index (χ4v) is 4.40. The number of aromatic nitrogens is 2. The second-order valence-corrected chi connectivity index (χ2v) is 8.44. The molecular weight excluding hydrogens is 458 g/mol. The van der Waals surface area contributed by atoms with Gasteiger partial charge in [0.05, 0.1) is 29.9 Å². The summed E-state index contributed by atoms with van der Waals surface area (Å²) in [6.45, 7) is 6.90. The number of thiophene rings is 1. The standard InChI is InChI=1S/C21H21N5O3S2.C2H6/c1-3-15-10-16-18(25-21(26-20(16)31-15)30-12-17(27)29-2)23-7-8-24-19(28)14-6-4-5-13(9-14)11-22;1-2/h4-6,9-10H,3,7-8,12H2,1-2H3,(H,24,28)(H,23,25,26);1-2H3. The van der Waals surface area contributed by atoms with E-state index in [1.54, 1.807) is 35.6 Å². The summed E-state index contributed by atoms with van der Waals surface area (Å²) in [5.74, 6) is 0.205. The van der Waals surface area contributed by atoms with Crippen molar-refractivity contribution in [3.8, 4) is 6.07 Å². The summed E-state index contributed by atoms with van der Waals surface area (Å²) in [6.07, 6.45) is 0.892. The predicted octanol–water partition coefficient (Wildman–Crippen LogP) is 4.26. The van der Waals surface area contributed by atoms with Crippen molar-refractivity contribution in [2.75, 3.05) is 31.3 Å². The van der Waals surface area contributed by atoms with Crippen LogP contribution in [0.4, 0.5) is 5.82 Å². The topological polar surface area (TPSA) is 117 Å². The van der Waals surface area contributed by atoms with Gasteiger partial charge in [-0.25, -0.2) is 9.97 Å². The number of hydrogen-bond acceptors (Lipinski definition) is 9. The maximum atomic E-state index is 12.3. The molecule has 3 aromatic rings. The van der Waals surface area contributed by atoms with Crippen LogP contribution < -0.4 is 10.6 Å². The number of methoxy groups -OCH3 is 1. The van der Waals surface area contributed by atoms with E-state index in [-0.39, 0.29) is 17.6 Å². The minimum atomic E-state index is -0.341. The number of amides is 1. The van der Waals surface area contributed by atoms with Gasteiger partial charge in [0.1, 0.15) is 10.6 Å². The zero-order valence-electron chi connectivity index (χ0n) is 19.1. The third kappa shape index (κ3) is 7.44. The predicted molar refractivity (Wildman–Crippen MR) is 133 cm³/mol. The molecule has 0 aliphatic carbocycles. The second kappa shape index (κ2) is 13.4. The Bertz CT molecular complexity index is 1140. The lowest BCUT2D eigenvalue weighted by Crippen LogP contribution is -2.29. The van der Waals surface area contributed by atoms with E-state index >= 15 is 0 Å². The van der Waals surface area contributed by atoms with Crippen LogP contribution >= 0.6 is 23.1 Å². The highest BCUT2D eigenvalue weighted by molar-refractivity contribution is 7.99. The number of nitriles is 1. The number of nitrogens with zero attached hydrogens (tertiary/aromatic N) is 3. The molecule has 2 N–H and O–H groups in total. The lowest BCUT2D eigenvalue weighted by Gasteiger charge is -2.10. The van der Waals surface area contributed by atoms with E-state index in [4.69, 9.17) is 5.26 Å². The molecule has 0 aliphatic heterocycles. The molecule has 0 fully saturated rings. The van der Waals surface area contributed by atoms with Crippen molar-refractivity contribution in [1.29, 1.82) is 5.26 Å². The van der Waals surface area contributed by atoms with E-state index in [1.165, 1.54) is 23.7 Å². The number of benzene rings is 1. The number of carbonyl (C=O) groups is 2. The van der Waals surface area contributed by atoms with Gasteiger partial charge in [-0.15, -0.1) is 11.3 Å². The lowest BCUT2D eigenvalue weighted by molar-refractivity contribution is -0.137. The molecule has 0 atom stereocenters. The molecule has 33 heavy (non-hydrogen) atoms. The van der Waals surface area contributed by atoms with Crippen molar-refractivity contribution in [2.45, 2.75) is 32.3 Å². The summed E-state index contributed by atoms with van der Waals surface area (Å²) in [4.78, 5) is 34.9. The number of fused-ring (bicyclic) bond motifs is 1. The van der Waals surface area contributed by atoms with Crippen LogP contribution in [0.1, 0.15) is 41.6 Å². The van der Waals surface area contributed by atoms with Crippen molar-refractivity contribution in [1.82, 2.24) is 15.3 Å². The Morgan fingerprint density at radius 3 is 2.70 bits per heavy atom. The number of ether oxygens (including phenoxy) is 1. The van der Waals surface area contributed by atoms with Crippen LogP contribution in [-0.2, 0) is 16.0 Å². The monoisotopic (exact) mass is 485 g/mol. The maximum absolute atomic E-state index is 12.3. The number of esters is 1. The van der Waals surface area contributed by atoms with Gasteiger partial charge in [-0.1, -0.05) is 38.6 Å². The SMILES string of the molecule is CC.CCc1cc2c(NCCNC(=O)c3cccc(C#N)c3)nc(SCC(=O)OC)nc2s1. The largest absolute Gasteiger partial charge is 0.468 e. The van der Waals surface area contributed by atoms with E-state index in [1.807, 2.05) is 19.9 Å². The molecule has 2 heterocycles. The van der Waals surface area contributed by atoms with Crippen LogP contribution in [-0.4, -0.2) is 47.8 Å². The number of anilines is 1. The second-order valence-electron chi connectivity index (χ2n) is 6.38. The number of carbonyl (C=O) groups excluding carboxylic acids is 2. The third-order valence-electron chi connectivity index (χ3n) is 4.28. The van der Waals surface area contributed by atoms with Gasteiger partial charge < -0.3 is 15.4 Å². The lowest BCUT2D eigenvalue weighted by atomic mass is 10.1. The fourth-order valence-electron chi connectivity index (χ4n) is 2.70. The smallest absolute Gasteiger partial charge is 0.316 e. The van der Waals surface area contributed by atoms with Crippen molar-refractivity contribution in [3.63, 3.8) is 0 Å². The van der Waals surface area contributed by atoms with E-state index in [2.05, 4.69) is 38.3 Å². The highest BCUT2D eigenvalue weighted by atomic mass is 32.2. The molecule has 0 aliphatic rings.